The molecule has 0 heterocycles. The van der Waals surface area contributed by atoms with Crippen molar-refractivity contribution in [1.29, 1.82) is 0 Å². The quantitative estimate of drug-likeness (QED) is 0.451. The van der Waals surface area contributed by atoms with Gasteiger partial charge in [0.05, 0.1) is 5.56 Å². The maximum absolute atomic E-state index is 13.4. The third kappa shape index (κ3) is 6.92. The van der Waals surface area contributed by atoms with Crippen LogP contribution in [-0.4, -0.2) is 37.7 Å². The van der Waals surface area contributed by atoms with Gasteiger partial charge in [0.25, 0.3) is 0 Å². The van der Waals surface area contributed by atoms with Crippen molar-refractivity contribution in [2.24, 2.45) is 0 Å². The van der Waals surface area contributed by atoms with Gasteiger partial charge in [-0.05, 0) is 38.5 Å². The lowest BCUT2D eigenvalue weighted by Crippen LogP contribution is -2.41. The lowest BCUT2D eigenvalue weighted by atomic mass is 10.1. The van der Waals surface area contributed by atoms with E-state index in [-0.39, 0.29) is 5.56 Å². The van der Waals surface area contributed by atoms with Crippen molar-refractivity contribution in [3.05, 3.63) is 71.8 Å². The molecule has 0 aromatic heterocycles. The molecule has 31 heavy (non-hydrogen) atoms. The zero-order chi connectivity index (χ0) is 23.1. The first-order chi connectivity index (χ1) is 14.6. The molecule has 1 amide bonds. The molecule has 0 fully saturated rings. The van der Waals surface area contributed by atoms with E-state index in [1.54, 1.807) is 81.4 Å². The number of hydrogen-bond acceptors (Lipinski definition) is 7. The molecule has 0 bridgehead atoms. The Morgan fingerprint density at radius 2 is 1.42 bits per heavy atom. The summed E-state index contributed by atoms with van der Waals surface area (Å²) < 4.78 is 34.6. The molecule has 8 nitrogen and oxygen atoms in total. The van der Waals surface area contributed by atoms with Gasteiger partial charge < -0.3 is 23.8 Å². The van der Waals surface area contributed by atoms with Gasteiger partial charge in [0.15, 0.2) is 0 Å². The molecule has 9 heteroatoms. The van der Waals surface area contributed by atoms with Crippen LogP contribution in [0.3, 0.4) is 0 Å². The number of carbonyl (C=O) groups excluding carboxylic acids is 2. The van der Waals surface area contributed by atoms with Crippen LogP contribution < -0.4 is 5.32 Å². The summed E-state index contributed by atoms with van der Waals surface area (Å²) in [5.41, 5.74) is -0.00261. The zero-order valence-electron chi connectivity index (χ0n) is 18.2. The highest BCUT2D eigenvalue weighted by molar-refractivity contribution is 7.54. The topological polar surface area (TPSA) is 100 Å². The molecule has 0 saturated carbocycles. The van der Waals surface area contributed by atoms with Crippen LogP contribution in [0, 0.1) is 0 Å². The van der Waals surface area contributed by atoms with Crippen molar-refractivity contribution in [2.75, 3.05) is 14.2 Å². The molecule has 2 aromatic carbocycles. The predicted molar refractivity (Wildman–Crippen MR) is 116 cm³/mol. The normalized spacial score (nSPS) is 13.7. The maximum atomic E-state index is 13.4. The molecule has 0 unspecified atom stereocenters. The minimum absolute atomic E-state index is 0.246. The van der Waals surface area contributed by atoms with Crippen molar-refractivity contribution >= 4 is 19.7 Å². The molecule has 0 spiro atoms. The highest BCUT2D eigenvalue weighted by atomic mass is 31.2. The molecule has 1 N–H and O–H groups in total. The first-order valence-corrected chi connectivity index (χ1v) is 11.2. The number of hydrogen-bond donors (Lipinski definition) is 1. The minimum atomic E-state index is -4.01. The standard InChI is InChI=1S/C22H28NO7P/c1-22(2,3)30-21(25)23-18(16-12-8-6-9-13-16)20(31(26,27-4)28-5)29-19(24)17-14-10-7-11-15-17/h6-15,18,20H,1-5H3,(H,23,25)/t18-,20-/m1/s1. The fraction of sp³-hybridized carbons (Fsp3) is 0.364. The summed E-state index contributed by atoms with van der Waals surface area (Å²) in [5.74, 6) is -2.23. The summed E-state index contributed by atoms with van der Waals surface area (Å²) in [4.78, 5) is 25.3. The molecule has 2 rings (SSSR count). The number of esters is 1. The number of nitrogens with one attached hydrogen (secondary N) is 1. The van der Waals surface area contributed by atoms with Gasteiger partial charge in [0.1, 0.15) is 11.6 Å². The van der Waals surface area contributed by atoms with E-state index in [2.05, 4.69) is 5.32 Å². The highest BCUT2D eigenvalue weighted by Crippen LogP contribution is 2.56. The number of carbonyl (C=O) groups is 2. The van der Waals surface area contributed by atoms with Crippen LogP contribution in [0.4, 0.5) is 4.79 Å². The van der Waals surface area contributed by atoms with E-state index >= 15 is 0 Å². The van der Waals surface area contributed by atoms with E-state index < -0.39 is 37.1 Å². The van der Waals surface area contributed by atoms with E-state index in [0.29, 0.717) is 5.56 Å². The zero-order valence-corrected chi connectivity index (χ0v) is 19.1. The Balaban J connectivity index is 2.48. The van der Waals surface area contributed by atoms with Crippen LogP contribution in [-0.2, 0) is 23.1 Å². The smallest absolute Gasteiger partial charge is 0.408 e. The SMILES string of the molecule is COP(=O)(OC)[C@@H](OC(=O)c1ccccc1)[C@H](NC(=O)OC(C)(C)C)c1ccccc1. The second-order valence-corrected chi connectivity index (χ2v) is 9.92. The van der Waals surface area contributed by atoms with Crippen molar-refractivity contribution < 1.29 is 32.7 Å². The third-order valence-electron chi connectivity index (χ3n) is 4.17. The van der Waals surface area contributed by atoms with Gasteiger partial charge in [0, 0.05) is 14.2 Å². The molecule has 0 aliphatic carbocycles. The van der Waals surface area contributed by atoms with E-state index in [4.69, 9.17) is 18.5 Å². The highest BCUT2D eigenvalue weighted by Gasteiger charge is 2.45. The van der Waals surface area contributed by atoms with Gasteiger partial charge in [-0.25, -0.2) is 9.59 Å². The summed E-state index contributed by atoms with van der Waals surface area (Å²) in [7, 11) is -1.64. The average molecular weight is 449 g/mol. The van der Waals surface area contributed by atoms with Crippen molar-refractivity contribution in [3.8, 4) is 0 Å². The second kappa shape index (κ2) is 10.6. The average Bonchev–Trinajstić information content (AvgIpc) is 2.75. The Hall–Kier alpha value is -2.67. The molecular formula is C22H28NO7P. The molecular weight excluding hydrogens is 421 g/mol. The first-order valence-electron chi connectivity index (χ1n) is 9.61. The molecule has 2 atom stereocenters. The third-order valence-corrected chi connectivity index (χ3v) is 6.22. The van der Waals surface area contributed by atoms with Gasteiger partial charge in [-0.1, -0.05) is 48.5 Å². The van der Waals surface area contributed by atoms with Gasteiger partial charge >= 0.3 is 19.7 Å². The lowest BCUT2D eigenvalue weighted by molar-refractivity contribution is 0.0240. The number of rotatable bonds is 8. The molecule has 0 aliphatic rings. The van der Waals surface area contributed by atoms with Crippen LogP contribution in [0.2, 0.25) is 0 Å². The van der Waals surface area contributed by atoms with Crippen LogP contribution in [0.25, 0.3) is 0 Å². The van der Waals surface area contributed by atoms with Gasteiger partial charge in [-0.3, -0.25) is 4.57 Å². The Labute approximate surface area is 182 Å². The van der Waals surface area contributed by atoms with E-state index in [0.717, 1.165) is 0 Å². The number of amides is 1. The summed E-state index contributed by atoms with van der Waals surface area (Å²) in [6.07, 6.45) is -0.777. The lowest BCUT2D eigenvalue weighted by Gasteiger charge is -2.32. The van der Waals surface area contributed by atoms with Gasteiger partial charge in [-0.2, -0.15) is 0 Å². The number of ether oxygens (including phenoxy) is 2. The number of alkyl carbamates (subject to hydrolysis) is 1. The van der Waals surface area contributed by atoms with E-state index in [1.807, 2.05) is 0 Å². The molecule has 0 saturated heterocycles. The van der Waals surface area contributed by atoms with E-state index in [1.165, 1.54) is 14.2 Å². The number of benzene rings is 2. The first kappa shape index (κ1) is 24.6. The Morgan fingerprint density at radius 1 is 0.903 bits per heavy atom. The van der Waals surface area contributed by atoms with Crippen LogP contribution in [0.15, 0.2) is 60.7 Å². The molecule has 0 aliphatic heterocycles. The Morgan fingerprint density at radius 3 is 1.90 bits per heavy atom. The Bertz CT molecular complexity index is 904. The fourth-order valence-corrected chi connectivity index (χ4v) is 4.16. The largest absolute Gasteiger partial charge is 0.444 e. The Kier molecular flexibility index (Phi) is 8.39. The fourth-order valence-electron chi connectivity index (χ4n) is 2.76. The summed E-state index contributed by atoms with van der Waals surface area (Å²) in [6, 6.07) is 15.8. The summed E-state index contributed by atoms with van der Waals surface area (Å²) in [5, 5.41) is 2.65. The van der Waals surface area contributed by atoms with Crippen LogP contribution in [0.1, 0.15) is 42.7 Å². The van der Waals surface area contributed by atoms with Crippen molar-refractivity contribution in [3.63, 3.8) is 0 Å². The minimum Gasteiger partial charge on any atom is -0.444 e. The van der Waals surface area contributed by atoms with Crippen LogP contribution >= 0.6 is 7.60 Å². The van der Waals surface area contributed by atoms with Crippen molar-refractivity contribution in [1.82, 2.24) is 5.32 Å². The molecule has 2 aromatic rings. The molecule has 168 valence electrons. The maximum Gasteiger partial charge on any atom is 0.408 e. The predicted octanol–water partition coefficient (Wildman–Crippen LogP) is 4.92. The monoisotopic (exact) mass is 449 g/mol. The second-order valence-electron chi connectivity index (χ2n) is 7.60. The summed E-state index contributed by atoms with van der Waals surface area (Å²) >= 11 is 0. The van der Waals surface area contributed by atoms with Gasteiger partial charge in [0.2, 0.25) is 5.85 Å². The molecule has 0 radical (unpaired) electrons. The van der Waals surface area contributed by atoms with E-state index in [9.17, 15) is 14.2 Å². The van der Waals surface area contributed by atoms with Crippen molar-refractivity contribution in [2.45, 2.75) is 38.3 Å². The summed E-state index contributed by atoms with van der Waals surface area (Å²) in [6.45, 7) is 5.14. The van der Waals surface area contributed by atoms with Gasteiger partial charge in [-0.15, -0.1) is 0 Å². The van der Waals surface area contributed by atoms with Crippen LogP contribution in [0.5, 0.6) is 0 Å².